The topological polar surface area (TPSA) is 15.3 Å². The summed E-state index contributed by atoms with van der Waals surface area (Å²) in [4.78, 5) is 2.89. The van der Waals surface area contributed by atoms with Gasteiger partial charge in [-0.25, -0.2) is 0 Å². The molecule has 1 heterocycles. The Labute approximate surface area is 126 Å². The van der Waals surface area contributed by atoms with Crippen LogP contribution in [0.1, 0.15) is 60.8 Å². The lowest BCUT2D eigenvalue weighted by atomic mass is 9.77. The summed E-state index contributed by atoms with van der Waals surface area (Å²) in [5, 5.41) is 3.80. The minimum absolute atomic E-state index is 0.677. The summed E-state index contributed by atoms with van der Waals surface area (Å²) in [6.07, 6.45) is 4.26. The van der Waals surface area contributed by atoms with Crippen LogP contribution in [-0.4, -0.2) is 36.1 Å². The smallest absolute Gasteiger partial charge is 0.0247 e. The van der Waals surface area contributed by atoms with Crippen molar-refractivity contribution in [1.29, 1.82) is 0 Å². The van der Waals surface area contributed by atoms with Gasteiger partial charge in [-0.1, -0.05) is 41.5 Å². The normalized spacial score (nSPS) is 40.5. The van der Waals surface area contributed by atoms with E-state index in [-0.39, 0.29) is 0 Å². The molecule has 0 aromatic heterocycles. The van der Waals surface area contributed by atoms with Crippen LogP contribution >= 0.6 is 0 Å². The zero-order valence-electron chi connectivity index (χ0n) is 14.5. The van der Waals surface area contributed by atoms with Gasteiger partial charge >= 0.3 is 0 Å². The lowest BCUT2D eigenvalue weighted by Crippen LogP contribution is -2.63. The number of piperazine rings is 1. The molecule has 5 unspecified atom stereocenters. The summed E-state index contributed by atoms with van der Waals surface area (Å²) in [6.45, 7) is 16.9. The second kappa shape index (κ2) is 6.79. The zero-order chi connectivity index (χ0) is 14.9. The van der Waals surface area contributed by atoms with Gasteiger partial charge in [-0.05, 0) is 42.9 Å². The van der Waals surface area contributed by atoms with E-state index in [0.29, 0.717) is 6.04 Å². The first-order valence-electron chi connectivity index (χ1n) is 8.89. The molecule has 1 saturated heterocycles. The molecule has 0 radical (unpaired) electrons. The first-order chi connectivity index (χ1) is 9.40. The third-order valence-corrected chi connectivity index (χ3v) is 5.81. The highest BCUT2D eigenvalue weighted by molar-refractivity contribution is 4.95. The minimum atomic E-state index is 0.677. The third kappa shape index (κ3) is 3.57. The molecule has 0 aromatic carbocycles. The fourth-order valence-corrected chi connectivity index (χ4v) is 4.41. The minimum Gasteiger partial charge on any atom is -0.311 e. The van der Waals surface area contributed by atoms with Crippen molar-refractivity contribution in [2.75, 3.05) is 13.1 Å². The molecule has 2 rings (SSSR count). The van der Waals surface area contributed by atoms with E-state index in [2.05, 4.69) is 51.8 Å². The average molecular weight is 281 g/mol. The van der Waals surface area contributed by atoms with Gasteiger partial charge in [0.15, 0.2) is 0 Å². The number of hydrogen-bond acceptors (Lipinski definition) is 2. The van der Waals surface area contributed by atoms with Crippen molar-refractivity contribution in [3.63, 3.8) is 0 Å². The molecule has 1 saturated carbocycles. The van der Waals surface area contributed by atoms with Gasteiger partial charge in [-0.2, -0.15) is 0 Å². The number of rotatable bonds is 3. The zero-order valence-corrected chi connectivity index (χ0v) is 14.5. The Bertz CT molecular complexity index is 300. The predicted octanol–water partition coefficient (Wildman–Crippen LogP) is 3.77. The maximum atomic E-state index is 3.80. The van der Waals surface area contributed by atoms with Crippen molar-refractivity contribution >= 4 is 0 Å². The fraction of sp³-hybridized carbons (Fsp3) is 1.00. The number of nitrogens with one attached hydrogen (secondary N) is 1. The van der Waals surface area contributed by atoms with Crippen LogP contribution in [-0.2, 0) is 0 Å². The quantitative estimate of drug-likeness (QED) is 0.846. The summed E-state index contributed by atoms with van der Waals surface area (Å²) < 4.78 is 0. The van der Waals surface area contributed by atoms with Gasteiger partial charge in [0.25, 0.3) is 0 Å². The van der Waals surface area contributed by atoms with Crippen molar-refractivity contribution in [2.24, 2.45) is 23.7 Å². The van der Waals surface area contributed by atoms with Gasteiger partial charge < -0.3 is 5.32 Å². The third-order valence-electron chi connectivity index (χ3n) is 5.81. The molecule has 2 heteroatoms. The lowest BCUT2D eigenvalue weighted by molar-refractivity contribution is 0.00191. The van der Waals surface area contributed by atoms with Gasteiger partial charge in [-0.15, -0.1) is 0 Å². The van der Waals surface area contributed by atoms with Crippen LogP contribution in [0.15, 0.2) is 0 Å². The Morgan fingerprint density at radius 3 is 2.25 bits per heavy atom. The Morgan fingerprint density at radius 2 is 1.70 bits per heavy atom. The second-order valence-corrected chi connectivity index (χ2v) is 8.23. The SMILES string of the molecule is CC1CCC(N2CC(C(C)C)NCC2C(C)C)C(C)C1. The summed E-state index contributed by atoms with van der Waals surface area (Å²) in [6, 6.07) is 2.23. The van der Waals surface area contributed by atoms with Gasteiger partial charge in [0.1, 0.15) is 0 Å². The molecule has 2 aliphatic rings. The maximum absolute atomic E-state index is 3.80. The van der Waals surface area contributed by atoms with Gasteiger partial charge in [-0.3, -0.25) is 4.90 Å². The molecule has 118 valence electrons. The standard InChI is InChI=1S/C18H36N2/c1-12(2)16-11-20(18(10-19-16)13(3)4)17-8-7-14(5)9-15(17)6/h12-19H,7-11H2,1-6H3. The average Bonchev–Trinajstić information content (AvgIpc) is 2.37. The Kier molecular flexibility index (Phi) is 5.53. The van der Waals surface area contributed by atoms with Crippen LogP contribution in [0.3, 0.4) is 0 Å². The van der Waals surface area contributed by atoms with Crippen molar-refractivity contribution in [3.8, 4) is 0 Å². The highest BCUT2D eigenvalue weighted by Gasteiger charge is 2.38. The first kappa shape index (κ1) is 16.3. The molecule has 0 spiro atoms. The lowest BCUT2D eigenvalue weighted by Gasteiger charge is -2.51. The molecule has 0 bridgehead atoms. The van der Waals surface area contributed by atoms with Gasteiger partial charge in [0, 0.05) is 31.2 Å². The van der Waals surface area contributed by atoms with Crippen LogP contribution in [0.25, 0.3) is 0 Å². The summed E-state index contributed by atoms with van der Waals surface area (Å²) >= 11 is 0. The van der Waals surface area contributed by atoms with Crippen molar-refractivity contribution < 1.29 is 0 Å². The van der Waals surface area contributed by atoms with Crippen molar-refractivity contribution in [3.05, 3.63) is 0 Å². The molecule has 2 fully saturated rings. The van der Waals surface area contributed by atoms with E-state index in [1.54, 1.807) is 0 Å². The Morgan fingerprint density at radius 1 is 1.00 bits per heavy atom. The van der Waals surface area contributed by atoms with E-state index in [0.717, 1.165) is 35.8 Å². The van der Waals surface area contributed by atoms with E-state index in [4.69, 9.17) is 0 Å². The number of hydrogen-bond donors (Lipinski definition) is 1. The maximum Gasteiger partial charge on any atom is 0.0247 e. The molecule has 0 aromatic rings. The largest absolute Gasteiger partial charge is 0.311 e. The van der Waals surface area contributed by atoms with Crippen molar-refractivity contribution in [1.82, 2.24) is 10.2 Å². The Balaban J connectivity index is 2.10. The summed E-state index contributed by atoms with van der Waals surface area (Å²) in [7, 11) is 0. The molecule has 0 amide bonds. The van der Waals surface area contributed by atoms with Crippen LogP contribution in [0.2, 0.25) is 0 Å². The molecular formula is C18H36N2. The van der Waals surface area contributed by atoms with Crippen LogP contribution in [0, 0.1) is 23.7 Å². The van der Waals surface area contributed by atoms with Crippen LogP contribution in [0.5, 0.6) is 0 Å². The molecule has 1 aliphatic heterocycles. The van der Waals surface area contributed by atoms with E-state index in [1.165, 1.54) is 32.4 Å². The fourth-order valence-electron chi connectivity index (χ4n) is 4.41. The summed E-state index contributed by atoms with van der Waals surface area (Å²) in [5.74, 6) is 3.29. The van der Waals surface area contributed by atoms with Crippen LogP contribution < -0.4 is 5.32 Å². The number of nitrogens with zero attached hydrogens (tertiary/aromatic N) is 1. The van der Waals surface area contributed by atoms with Crippen molar-refractivity contribution in [2.45, 2.75) is 78.9 Å². The highest BCUT2D eigenvalue weighted by atomic mass is 15.3. The van der Waals surface area contributed by atoms with Crippen LogP contribution in [0.4, 0.5) is 0 Å². The predicted molar refractivity (Wildman–Crippen MR) is 87.9 cm³/mol. The second-order valence-electron chi connectivity index (χ2n) is 8.23. The monoisotopic (exact) mass is 280 g/mol. The van der Waals surface area contributed by atoms with Gasteiger partial charge in [0.2, 0.25) is 0 Å². The summed E-state index contributed by atoms with van der Waals surface area (Å²) in [5.41, 5.74) is 0. The van der Waals surface area contributed by atoms with E-state index >= 15 is 0 Å². The highest BCUT2D eigenvalue weighted by Crippen LogP contribution is 2.35. The molecular weight excluding hydrogens is 244 g/mol. The Hall–Kier alpha value is -0.0800. The molecule has 2 nitrogen and oxygen atoms in total. The van der Waals surface area contributed by atoms with E-state index < -0.39 is 0 Å². The van der Waals surface area contributed by atoms with E-state index in [9.17, 15) is 0 Å². The first-order valence-corrected chi connectivity index (χ1v) is 8.89. The molecule has 20 heavy (non-hydrogen) atoms. The van der Waals surface area contributed by atoms with Gasteiger partial charge in [0.05, 0.1) is 0 Å². The molecule has 5 atom stereocenters. The van der Waals surface area contributed by atoms with E-state index in [1.807, 2.05) is 0 Å². The molecule has 1 aliphatic carbocycles. The molecule has 1 N–H and O–H groups in total.